The van der Waals surface area contributed by atoms with Gasteiger partial charge >= 0.3 is 0 Å². The first kappa shape index (κ1) is 20.9. The maximum Gasteiger partial charge on any atom is 0.225 e. The summed E-state index contributed by atoms with van der Waals surface area (Å²) in [7, 11) is 0. The molecular formula is C22H31ClN4O. The van der Waals surface area contributed by atoms with Crippen LogP contribution in [0.4, 0.5) is 5.95 Å². The second-order valence-corrected chi connectivity index (χ2v) is 8.54. The van der Waals surface area contributed by atoms with Gasteiger partial charge in [-0.3, -0.25) is 4.90 Å². The number of nitrogens with zero attached hydrogens (tertiary/aromatic N) is 4. The summed E-state index contributed by atoms with van der Waals surface area (Å²) >= 11 is 6.32. The summed E-state index contributed by atoms with van der Waals surface area (Å²) in [4.78, 5) is 14.2. The minimum Gasteiger partial charge on any atom is -0.506 e. The lowest BCUT2D eigenvalue weighted by Gasteiger charge is -2.28. The van der Waals surface area contributed by atoms with E-state index < -0.39 is 0 Å². The smallest absolute Gasteiger partial charge is 0.225 e. The molecule has 0 spiro atoms. The molecule has 28 heavy (non-hydrogen) atoms. The molecule has 0 saturated carbocycles. The van der Waals surface area contributed by atoms with Gasteiger partial charge in [-0.2, -0.15) is 0 Å². The van der Waals surface area contributed by atoms with Crippen LogP contribution in [0, 0.1) is 12.8 Å². The van der Waals surface area contributed by atoms with Gasteiger partial charge in [0.25, 0.3) is 0 Å². The molecule has 5 nitrogen and oxygen atoms in total. The van der Waals surface area contributed by atoms with Crippen molar-refractivity contribution in [2.45, 2.75) is 53.1 Å². The summed E-state index contributed by atoms with van der Waals surface area (Å²) in [6.45, 7) is 10.9. The second kappa shape index (κ2) is 9.57. The first-order valence-electron chi connectivity index (χ1n) is 10.2. The molecule has 0 amide bonds. The Balaban J connectivity index is 1.80. The Morgan fingerprint density at radius 2 is 1.89 bits per heavy atom. The molecule has 152 valence electrons. The lowest BCUT2D eigenvalue weighted by Crippen LogP contribution is -2.32. The van der Waals surface area contributed by atoms with Gasteiger partial charge in [-0.1, -0.05) is 37.6 Å². The van der Waals surface area contributed by atoms with E-state index in [9.17, 15) is 5.11 Å². The Morgan fingerprint density at radius 1 is 1.14 bits per heavy atom. The monoisotopic (exact) mass is 402 g/mol. The molecule has 2 aromatic rings. The second-order valence-electron chi connectivity index (χ2n) is 8.16. The zero-order valence-electron chi connectivity index (χ0n) is 17.2. The van der Waals surface area contributed by atoms with E-state index in [0.717, 1.165) is 49.1 Å². The third kappa shape index (κ3) is 5.58. The Labute approximate surface area is 173 Å². The van der Waals surface area contributed by atoms with E-state index in [1.165, 1.54) is 19.3 Å². The lowest BCUT2D eigenvalue weighted by molar-refractivity contribution is 0.225. The van der Waals surface area contributed by atoms with Crippen molar-refractivity contribution in [3.8, 4) is 5.75 Å². The average molecular weight is 403 g/mol. The number of aromatic hydroxyl groups is 1. The maximum atomic E-state index is 9.93. The van der Waals surface area contributed by atoms with Crippen LogP contribution < -0.4 is 4.90 Å². The number of piperidine rings is 1. The van der Waals surface area contributed by atoms with Gasteiger partial charge in [0.05, 0.1) is 10.7 Å². The molecule has 3 rings (SSSR count). The number of phenolic OH excluding ortho intramolecular Hbond substituents is 1. The molecular weight excluding hydrogens is 372 g/mol. The summed E-state index contributed by atoms with van der Waals surface area (Å²) in [5, 5.41) is 10.4. The Hall–Kier alpha value is -1.85. The van der Waals surface area contributed by atoms with Crippen LogP contribution in [-0.2, 0) is 13.1 Å². The number of halogens is 1. The molecule has 1 aromatic carbocycles. The van der Waals surface area contributed by atoms with Crippen molar-refractivity contribution >= 4 is 17.5 Å². The van der Waals surface area contributed by atoms with Crippen LogP contribution in [0.15, 0.2) is 24.3 Å². The number of aromatic nitrogens is 2. The minimum atomic E-state index is 0.133. The standard InChI is InChI=1S/C22H31ClN4O/c1-16(2)13-26(14-18-8-7-9-20(28)21(18)23)15-19-12-17(3)24-22(25-19)27-10-5-4-6-11-27/h7-9,12,16,28H,4-6,10-11,13-15H2,1-3H3. The summed E-state index contributed by atoms with van der Waals surface area (Å²) in [6, 6.07) is 7.51. The third-order valence-corrected chi connectivity index (χ3v) is 5.43. The Morgan fingerprint density at radius 3 is 2.61 bits per heavy atom. The molecule has 0 bridgehead atoms. The highest BCUT2D eigenvalue weighted by atomic mass is 35.5. The fraction of sp³-hybridized carbons (Fsp3) is 0.545. The topological polar surface area (TPSA) is 52.5 Å². The number of anilines is 1. The molecule has 0 radical (unpaired) electrons. The molecule has 0 aliphatic carbocycles. The fourth-order valence-electron chi connectivity index (χ4n) is 3.79. The molecule has 2 heterocycles. The van der Waals surface area contributed by atoms with E-state index in [1.807, 2.05) is 19.1 Å². The van der Waals surface area contributed by atoms with Gasteiger partial charge in [-0.15, -0.1) is 0 Å². The van der Waals surface area contributed by atoms with E-state index in [0.29, 0.717) is 17.5 Å². The van der Waals surface area contributed by atoms with Gasteiger partial charge in [0.2, 0.25) is 5.95 Å². The fourth-order valence-corrected chi connectivity index (χ4v) is 3.98. The van der Waals surface area contributed by atoms with Crippen LogP contribution >= 0.6 is 11.6 Å². The van der Waals surface area contributed by atoms with Gasteiger partial charge in [-0.25, -0.2) is 9.97 Å². The zero-order valence-corrected chi connectivity index (χ0v) is 17.9. The Bertz CT molecular complexity index is 790. The number of rotatable bonds is 7. The van der Waals surface area contributed by atoms with Crippen molar-refractivity contribution in [2.24, 2.45) is 5.92 Å². The van der Waals surface area contributed by atoms with Crippen molar-refractivity contribution in [3.05, 3.63) is 46.2 Å². The molecule has 1 saturated heterocycles. The normalized spacial score (nSPS) is 14.9. The number of hydrogen-bond acceptors (Lipinski definition) is 5. The summed E-state index contributed by atoms with van der Waals surface area (Å²) in [5.74, 6) is 1.50. The van der Waals surface area contributed by atoms with Crippen molar-refractivity contribution in [1.29, 1.82) is 0 Å². The molecule has 1 N–H and O–H groups in total. The summed E-state index contributed by atoms with van der Waals surface area (Å²) in [6.07, 6.45) is 3.71. The van der Waals surface area contributed by atoms with Gasteiger partial charge in [0, 0.05) is 38.4 Å². The molecule has 1 aliphatic rings. The lowest BCUT2D eigenvalue weighted by atomic mass is 10.1. The van der Waals surface area contributed by atoms with Crippen molar-refractivity contribution in [3.63, 3.8) is 0 Å². The molecule has 1 fully saturated rings. The minimum absolute atomic E-state index is 0.133. The van der Waals surface area contributed by atoms with E-state index >= 15 is 0 Å². The van der Waals surface area contributed by atoms with Crippen molar-refractivity contribution < 1.29 is 5.11 Å². The number of hydrogen-bond donors (Lipinski definition) is 1. The predicted molar refractivity (Wildman–Crippen MR) is 115 cm³/mol. The quantitative estimate of drug-likeness (QED) is 0.721. The largest absolute Gasteiger partial charge is 0.506 e. The van der Waals surface area contributed by atoms with Gasteiger partial charge in [0.15, 0.2) is 0 Å². The van der Waals surface area contributed by atoms with Crippen LogP contribution in [0.3, 0.4) is 0 Å². The highest BCUT2D eigenvalue weighted by Gasteiger charge is 2.17. The highest BCUT2D eigenvalue weighted by Crippen LogP contribution is 2.28. The van der Waals surface area contributed by atoms with E-state index in [-0.39, 0.29) is 5.75 Å². The predicted octanol–water partition coefficient (Wildman–Crippen LogP) is 4.79. The van der Waals surface area contributed by atoms with Crippen LogP contribution in [0.1, 0.15) is 50.1 Å². The van der Waals surface area contributed by atoms with E-state index in [4.69, 9.17) is 16.6 Å². The molecule has 0 atom stereocenters. The number of aryl methyl sites for hydroxylation is 1. The summed E-state index contributed by atoms with van der Waals surface area (Å²) in [5.41, 5.74) is 2.97. The highest BCUT2D eigenvalue weighted by molar-refractivity contribution is 6.32. The van der Waals surface area contributed by atoms with Crippen LogP contribution in [0.5, 0.6) is 5.75 Å². The van der Waals surface area contributed by atoms with Gasteiger partial charge in [0.1, 0.15) is 5.75 Å². The molecule has 6 heteroatoms. The SMILES string of the molecule is Cc1cc(CN(Cc2cccc(O)c2Cl)CC(C)C)nc(N2CCCCC2)n1. The van der Waals surface area contributed by atoms with Gasteiger partial charge < -0.3 is 10.0 Å². The first-order chi connectivity index (χ1) is 13.4. The average Bonchev–Trinajstić information content (AvgIpc) is 2.65. The van der Waals surface area contributed by atoms with Crippen LogP contribution in [-0.4, -0.2) is 39.6 Å². The Kier molecular flexibility index (Phi) is 7.13. The summed E-state index contributed by atoms with van der Waals surface area (Å²) < 4.78 is 0. The zero-order chi connectivity index (χ0) is 20.1. The van der Waals surface area contributed by atoms with Crippen molar-refractivity contribution in [1.82, 2.24) is 14.9 Å². The molecule has 1 aromatic heterocycles. The van der Waals surface area contributed by atoms with Crippen molar-refractivity contribution in [2.75, 3.05) is 24.5 Å². The number of phenols is 1. The maximum absolute atomic E-state index is 9.93. The number of benzene rings is 1. The first-order valence-corrected chi connectivity index (χ1v) is 10.6. The van der Waals surface area contributed by atoms with Crippen LogP contribution in [0.25, 0.3) is 0 Å². The van der Waals surface area contributed by atoms with Crippen LogP contribution in [0.2, 0.25) is 5.02 Å². The molecule has 1 aliphatic heterocycles. The van der Waals surface area contributed by atoms with E-state index in [1.54, 1.807) is 6.07 Å². The van der Waals surface area contributed by atoms with E-state index in [2.05, 4.69) is 34.7 Å². The molecule has 0 unspecified atom stereocenters. The van der Waals surface area contributed by atoms with Gasteiger partial charge in [-0.05, 0) is 49.8 Å². The third-order valence-electron chi connectivity index (χ3n) is 5.00.